The lowest BCUT2D eigenvalue weighted by atomic mass is 10.1. The Morgan fingerprint density at radius 2 is 1.42 bits per heavy atom. The Morgan fingerprint density at radius 1 is 0.737 bits per heavy atom. The molecule has 19 heavy (non-hydrogen) atoms. The Hall–Kier alpha value is -2.61. The van der Waals surface area contributed by atoms with Crippen LogP contribution < -0.4 is 0 Å². The maximum atomic E-state index is 5.80. The van der Waals surface area contributed by atoms with E-state index in [9.17, 15) is 0 Å². The van der Waals surface area contributed by atoms with Gasteiger partial charge in [-0.3, -0.25) is 8.83 Å². The molecule has 0 bridgehead atoms. The van der Waals surface area contributed by atoms with Crippen LogP contribution in [0.25, 0.3) is 33.5 Å². The molecule has 0 spiro atoms. The van der Waals surface area contributed by atoms with Crippen molar-refractivity contribution in [2.24, 2.45) is 0 Å². The van der Waals surface area contributed by atoms with Crippen molar-refractivity contribution >= 4 is 21.9 Å². The molecule has 2 heteroatoms. The second kappa shape index (κ2) is 3.95. The van der Waals surface area contributed by atoms with Crippen LogP contribution in [0.2, 0.25) is 0 Å². The van der Waals surface area contributed by atoms with E-state index in [1.807, 2.05) is 54.6 Å². The fourth-order valence-electron chi connectivity index (χ4n) is 2.27. The minimum atomic E-state index is 0.547. The summed E-state index contributed by atoms with van der Waals surface area (Å²) < 4.78 is 11.6. The monoisotopic (exact) mass is 247 g/mol. The molecule has 2 nitrogen and oxygen atoms in total. The lowest BCUT2D eigenvalue weighted by Crippen LogP contribution is -1.70. The molecule has 0 atom stereocenters. The van der Waals surface area contributed by atoms with E-state index in [0.29, 0.717) is 5.96 Å². The summed E-state index contributed by atoms with van der Waals surface area (Å²) >= 11 is 0. The summed E-state index contributed by atoms with van der Waals surface area (Å²) in [6, 6.07) is 22.1. The minimum Gasteiger partial charge on any atom is -0.266 e. The molecule has 4 rings (SSSR count). The second-order valence-electron chi connectivity index (χ2n) is 4.50. The molecule has 1 aromatic heterocycles. The molecule has 0 aliphatic rings. The molecular weight excluding hydrogens is 236 g/mol. The third-order valence-electron chi connectivity index (χ3n) is 3.23. The fourth-order valence-corrected chi connectivity index (χ4v) is 2.27. The van der Waals surface area contributed by atoms with Crippen molar-refractivity contribution in [1.82, 2.24) is 0 Å². The van der Waals surface area contributed by atoms with Gasteiger partial charge in [-0.2, -0.15) is 0 Å². The zero-order valence-corrected chi connectivity index (χ0v) is 10.2. The van der Waals surface area contributed by atoms with Gasteiger partial charge >= 0.3 is 17.1 Å². The van der Waals surface area contributed by atoms with Gasteiger partial charge in [0.2, 0.25) is 0 Å². The maximum absolute atomic E-state index is 5.80. The lowest BCUT2D eigenvalue weighted by molar-refractivity contribution is 0.495. The predicted molar refractivity (Wildman–Crippen MR) is 75.8 cm³/mol. The van der Waals surface area contributed by atoms with Crippen LogP contribution in [-0.2, 0) is 0 Å². The fraction of sp³-hybridized carbons (Fsp3) is 0. The number of rotatable bonds is 1. The zero-order valence-electron chi connectivity index (χ0n) is 10.2. The van der Waals surface area contributed by atoms with Crippen molar-refractivity contribution in [2.75, 3.05) is 0 Å². The van der Waals surface area contributed by atoms with Gasteiger partial charge in [0.15, 0.2) is 0 Å². The summed E-state index contributed by atoms with van der Waals surface area (Å²) in [4.78, 5) is 0. The van der Waals surface area contributed by atoms with Crippen molar-refractivity contribution in [1.29, 1.82) is 0 Å². The van der Waals surface area contributed by atoms with Crippen LogP contribution in [-0.4, -0.2) is 0 Å². The summed E-state index contributed by atoms with van der Waals surface area (Å²) in [5.74, 6) is 0.547. The standard InChI is InChI=1S/C17H11O2/c1-2-6-12(7-3-1)17-18-15-10-13-8-4-5-9-14(13)11-16(15)19-17/h1-11H/q+1. The van der Waals surface area contributed by atoms with Gasteiger partial charge in [0.05, 0.1) is 0 Å². The highest BCUT2D eigenvalue weighted by Gasteiger charge is 2.22. The SMILES string of the molecule is c1ccc(-c2oc3cc4ccccc4cc3[o+]2)cc1. The van der Waals surface area contributed by atoms with Crippen LogP contribution in [0, 0.1) is 0 Å². The minimum absolute atomic E-state index is 0.547. The molecule has 90 valence electrons. The molecule has 4 aromatic rings. The lowest BCUT2D eigenvalue weighted by Gasteiger charge is -1.91. The molecule has 0 N–H and O–H groups in total. The highest BCUT2D eigenvalue weighted by atomic mass is 16.5. The van der Waals surface area contributed by atoms with Crippen LogP contribution in [0.1, 0.15) is 0 Å². The number of hydrogen-bond acceptors (Lipinski definition) is 1. The summed E-state index contributed by atoms with van der Waals surface area (Å²) in [7, 11) is 0. The third-order valence-corrected chi connectivity index (χ3v) is 3.23. The summed E-state index contributed by atoms with van der Waals surface area (Å²) in [5.41, 5.74) is 2.50. The molecule has 0 aliphatic heterocycles. The molecule has 0 amide bonds. The Labute approximate surface area is 109 Å². The van der Waals surface area contributed by atoms with Crippen molar-refractivity contribution in [2.45, 2.75) is 0 Å². The van der Waals surface area contributed by atoms with Gasteiger partial charge in [-0.25, -0.2) is 0 Å². The van der Waals surface area contributed by atoms with Gasteiger partial charge < -0.3 is 0 Å². The number of benzene rings is 3. The highest BCUT2D eigenvalue weighted by Crippen LogP contribution is 2.30. The molecule has 0 unspecified atom stereocenters. The van der Waals surface area contributed by atoms with Crippen LogP contribution in [0.4, 0.5) is 0 Å². The third kappa shape index (κ3) is 1.69. The van der Waals surface area contributed by atoms with Crippen molar-refractivity contribution in [3.05, 3.63) is 66.7 Å². The van der Waals surface area contributed by atoms with Crippen LogP contribution in [0.15, 0.2) is 75.6 Å². The molecule has 0 saturated heterocycles. The van der Waals surface area contributed by atoms with E-state index in [2.05, 4.69) is 12.1 Å². The van der Waals surface area contributed by atoms with Crippen LogP contribution in [0.3, 0.4) is 0 Å². The van der Waals surface area contributed by atoms with Crippen molar-refractivity contribution < 1.29 is 8.83 Å². The smallest absolute Gasteiger partial charge is 0.266 e. The van der Waals surface area contributed by atoms with E-state index >= 15 is 0 Å². The van der Waals surface area contributed by atoms with E-state index in [1.165, 1.54) is 0 Å². The number of hydrogen-bond donors (Lipinski definition) is 0. The Balaban J connectivity index is 1.98. The average molecular weight is 247 g/mol. The number of fused-ring (bicyclic) bond motifs is 2. The maximum Gasteiger partial charge on any atom is 0.532 e. The first-order valence-corrected chi connectivity index (χ1v) is 6.21. The topological polar surface area (TPSA) is 24.4 Å². The normalized spacial score (nSPS) is 11.2. The Bertz CT molecular complexity index is 808. The molecule has 3 aromatic carbocycles. The molecule has 0 saturated carbocycles. The Kier molecular flexibility index (Phi) is 2.15. The second-order valence-corrected chi connectivity index (χ2v) is 4.50. The van der Waals surface area contributed by atoms with E-state index < -0.39 is 0 Å². The molecule has 0 radical (unpaired) electrons. The van der Waals surface area contributed by atoms with Gasteiger partial charge in [0.25, 0.3) is 0 Å². The summed E-state index contributed by atoms with van der Waals surface area (Å²) in [5, 5.41) is 2.30. The average Bonchev–Trinajstić information content (AvgIpc) is 2.88. The van der Waals surface area contributed by atoms with E-state index in [-0.39, 0.29) is 0 Å². The van der Waals surface area contributed by atoms with E-state index in [1.54, 1.807) is 0 Å². The van der Waals surface area contributed by atoms with Gasteiger partial charge in [0, 0.05) is 12.1 Å². The Morgan fingerprint density at radius 3 is 2.21 bits per heavy atom. The van der Waals surface area contributed by atoms with Gasteiger partial charge in [-0.1, -0.05) is 42.5 Å². The van der Waals surface area contributed by atoms with E-state index in [4.69, 9.17) is 8.83 Å². The largest absolute Gasteiger partial charge is 0.532 e. The van der Waals surface area contributed by atoms with Crippen molar-refractivity contribution in [3.8, 4) is 11.5 Å². The first-order chi connectivity index (χ1) is 9.40. The molecule has 0 aliphatic carbocycles. The van der Waals surface area contributed by atoms with Crippen LogP contribution >= 0.6 is 0 Å². The predicted octanol–water partition coefficient (Wildman–Crippen LogP) is 5.13. The molecule has 0 fully saturated rings. The van der Waals surface area contributed by atoms with Gasteiger partial charge in [-0.15, -0.1) is 0 Å². The molecular formula is C17H11O2+. The van der Waals surface area contributed by atoms with E-state index in [0.717, 1.165) is 27.5 Å². The molecule has 1 heterocycles. The van der Waals surface area contributed by atoms with Crippen molar-refractivity contribution in [3.63, 3.8) is 0 Å². The first-order valence-electron chi connectivity index (χ1n) is 6.21. The summed E-state index contributed by atoms with van der Waals surface area (Å²) in [6.45, 7) is 0. The van der Waals surface area contributed by atoms with Gasteiger partial charge in [-0.05, 0) is 22.9 Å². The quantitative estimate of drug-likeness (QED) is 0.436. The van der Waals surface area contributed by atoms with Crippen LogP contribution in [0.5, 0.6) is 0 Å². The highest BCUT2D eigenvalue weighted by molar-refractivity contribution is 5.93. The zero-order chi connectivity index (χ0) is 12.7. The summed E-state index contributed by atoms with van der Waals surface area (Å²) in [6.07, 6.45) is 0. The first kappa shape index (κ1) is 10.3. The van der Waals surface area contributed by atoms with Gasteiger partial charge in [0.1, 0.15) is 5.56 Å².